The Bertz CT molecular complexity index is 316. The molecule has 0 spiro atoms. The molecular weight excluding hydrogens is 209 g/mol. The van der Waals surface area contributed by atoms with Gasteiger partial charge in [0.05, 0.1) is 0 Å². The molecule has 0 unspecified atom stereocenters. The van der Waals surface area contributed by atoms with Crippen LogP contribution < -0.4 is 5.73 Å². The summed E-state index contributed by atoms with van der Waals surface area (Å²) < 4.78 is 0. The van der Waals surface area contributed by atoms with Gasteiger partial charge in [0.25, 0.3) is 0 Å². The predicted molar refractivity (Wildman–Crippen MR) is 51.8 cm³/mol. The first kappa shape index (κ1) is 9.19. The molecule has 0 bridgehead atoms. The average Bonchev–Trinajstić information content (AvgIpc) is 2.01. The van der Waals surface area contributed by atoms with Crippen LogP contribution >= 0.6 is 23.2 Å². The third-order valence-electron chi connectivity index (χ3n) is 2.50. The predicted octanol–water partition coefficient (Wildman–Crippen LogP) is 2.12. The zero-order chi connectivity index (χ0) is 9.47. The monoisotopic (exact) mass is 217 g/mol. The van der Waals surface area contributed by atoms with Crippen molar-refractivity contribution in [1.82, 2.24) is 9.97 Å². The summed E-state index contributed by atoms with van der Waals surface area (Å²) in [5.74, 6) is 0. The Kier molecular flexibility index (Phi) is 2.18. The summed E-state index contributed by atoms with van der Waals surface area (Å²) in [6, 6.07) is 0. The minimum Gasteiger partial charge on any atom is -0.321 e. The number of hydrogen-bond acceptors (Lipinski definition) is 3. The van der Waals surface area contributed by atoms with Gasteiger partial charge in [-0.15, -0.1) is 0 Å². The van der Waals surface area contributed by atoms with E-state index in [2.05, 4.69) is 9.97 Å². The van der Waals surface area contributed by atoms with Gasteiger partial charge < -0.3 is 5.73 Å². The molecule has 5 heteroatoms. The van der Waals surface area contributed by atoms with Crippen LogP contribution in [0.4, 0.5) is 0 Å². The maximum absolute atomic E-state index is 6.08. The normalized spacial score (nSPS) is 19.6. The second-order valence-corrected chi connectivity index (χ2v) is 4.06. The lowest BCUT2D eigenvalue weighted by atomic mass is 9.74. The van der Waals surface area contributed by atoms with E-state index in [1.165, 1.54) is 6.33 Å². The molecule has 2 N–H and O–H groups in total. The number of hydrogen-bond donors (Lipinski definition) is 1. The van der Waals surface area contributed by atoms with E-state index < -0.39 is 5.54 Å². The molecule has 13 heavy (non-hydrogen) atoms. The van der Waals surface area contributed by atoms with Crippen LogP contribution in [0, 0.1) is 0 Å². The molecule has 1 saturated carbocycles. The molecule has 1 aromatic rings. The zero-order valence-corrected chi connectivity index (χ0v) is 8.44. The Balaban J connectivity index is 2.49. The minimum atomic E-state index is -0.393. The number of halogens is 2. The van der Waals surface area contributed by atoms with E-state index in [1.54, 1.807) is 0 Å². The van der Waals surface area contributed by atoms with E-state index in [-0.39, 0.29) is 0 Å². The summed E-state index contributed by atoms with van der Waals surface area (Å²) in [4.78, 5) is 7.76. The molecule has 2 rings (SSSR count). The summed E-state index contributed by atoms with van der Waals surface area (Å²) >= 11 is 11.8. The highest BCUT2D eigenvalue weighted by Crippen LogP contribution is 2.43. The van der Waals surface area contributed by atoms with E-state index in [0.717, 1.165) is 19.3 Å². The summed E-state index contributed by atoms with van der Waals surface area (Å²) in [6.07, 6.45) is 4.26. The fraction of sp³-hybridized carbons (Fsp3) is 0.500. The van der Waals surface area contributed by atoms with Crippen molar-refractivity contribution in [2.45, 2.75) is 24.8 Å². The third kappa shape index (κ3) is 1.41. The second-order valence-electron chi connectivity index (χ2n) is 3.34. The van der Waals surface area contributed by atoms with Gasteiger partial charge >= 0.3 is 0 Å². The van der Waals surface area contributed by atoms with Crippen LogP contribution in [0.2, 0.25) is 10.3 Å². The number of rotatable bonds is 1. The van der Waals surface area contributed by atoms with Crippen molar-refractivity contribution in [2.24, 2.45) is 5.73 Å². The lowest BCUT2D eigenvalue weighted by molar-refractivity contribution is 0.252. The molecule has 1 aliphatic rings. The number of nitrogens with two attached hydrogens (primary N) is 1. The second kappa shape index (κ2) is 3.08. The molecule has 0 aliphatic heterocycles. The van der Waals surface area contributed by atoms with Gasteiger partial charge in [-0.2, -0.15) is 0 Å². The van der Waals surface area contributed by atoms with Crippen molar-refractivity contribution in [1.29, 1.82) is 0 Å². The fourth-order valence-corrected chi connectivity index (χ4v) is 2.25. The molecule has 0 amide bonds. The first-order chi connectivity index (χ1) is 6.13. The topological polar surface area (TPSA) is 51.8 Å². The van der Waals surface area contributed by atoms with Crippen LogP contribution in [0.25, 0.3) is 0 Å². The van der Waals surface area contributed by atoms with Crippen LogP contribution in [-0.2, 0) is 5.54 Å². The minimum absolute atomic E-state index is 0.377. The van der Waals surface area contributed by atoms with Gasteiger partial charge in [0, 0.05) is 11.1 Å². The number of aromatic nitrogens is 2. The molecular formula is C8H9Cl2N3. The molecule has 0 aromatic carbocycles. The Morgan fingerprint density at radius 2 is 1.77 bits per heavy atom. The largest absolute Gasteiger partial charge is 0.321 e. The van der Waals surface area contributed by atoms with Crippen molar-refractivity contribution in [3.05, 3.63) is 22.2 Å². The molecule has 1 aliphatic carbocycles. The van der Waals surface area contributed by atoms with Gasteiger partial charge in [-0.3, -0.25) is 0 Å². The Morgan fingerprint density at radius 3 is 2.15 bits per heavy atom. The molecule has 0 saturated heterocycles. The Hall–Kier alpha value is -0.380. The van der Waals surface area contributed by atoms with Crippen LogP contribution in [0.1, 0.15) is 24.8 Å². The maximum Gasteiger partial charge on any atom is 0.139 e. The van der Waals surface area contributed by atoms with E-state index in [0.29, 0.717) is 15.9 Å². The standard InChI is InChI=1S/C8H9Cl2N3/c9-6-5(7(10)13-4-12-6)8(11)2-1-3-8/h4H,1-3,11H2. The van der Waals surface area contributed by atoms with Crippen LogP contribution in [0.5, 0.6) is 0 Å². The van der Waals surface area contributed by atoms with Crippen LogP contribution in [0.3, 0.4) is 0 Å². The smallest absolute Gasteiger partial charge is 0.139 e. The molecule has 1 aromatic heterocycles. The first-order valence-electron chi connectivity index (χ1n) is 4.09. The maximum atomic E-state index is 6.08. The Morgan fingerprint density at radius 1 is 1.23 bits per heavy atom. The summed E-state index contributed by atoms with van der Waals surface area (Å²) in [5, 5.41) is 0.754. The third-order valence-corrected chi connectivity index (χ3v) is 3.07. The quantitative estimate of drug-likeness (QED) is 0.734. The van der Waals surface area contributed by atoms with Gasteiger partial charge in [-0.1, -0.05) is 23.2 Å². The van der Waals surface area contributed by atoms with Crippen molar-refractivity contribution < 1.29 is 0 Å². The molecule has 0 radical (unpaired) electrons. The van der Waals surface area contributed by atoms with Gasteiger partial charge in [0.1, 0.15) is 16.6 Å². The van der Waals surface area contributed by atoms with E-state index in [4.69, 9.17) is 28.9 Å². The van der Waals surface area contributed by atoms with Crippen molar-refractivity contribution in [3.8, 4) is 0 Å². The van der Waals surface area contributed by atoms with Crippen molar-refractivity contribution in [2.75, 3.05) is 0 Å². The average molecular weight is 218 g/mol. The van der Waals surface area contributed by atoms with Crippen molar-refractivity contribution in [3.63, 3.8) is 0 Å². The van der Waals surface area contributed by atoms with Crippen LogP contribution in [0.15, 0.2) is 6.33 Å². The molecule has 70 valence electrons. The van der Waals surface area contributed by atoms with Gasteiger partial charge in [-0.05, 0) is 19.3 Å². The molecule has 3 nitrogen and oxygen atoms in total. The molecule has 0 atom stereocenters. The SMILES string of the molecule is NC1(c2c(Cl)ncnc2Cl)CCC1. The summed E-state index contributed by atoms with van der Waals surface area (Å²) in [7, 11) is 0. The van der Waals surface area contributed by atoms with E-state index in [1.807, 2.05) is 0 Å². The lowest BCUT2D eigenvalue weighted by Crippen LogP contribution is -2.44. The van der Waals surface area contributed by atoms with Gasteiger partial charge in [0.15, 0.2) is 0 Å². The highest BCUT2D eigenvalue weighted by atomic mass is 35.5. The fourth-order valence-electron chi connectivity index (χ4n) is 1.56. The van der Waals surface area contributed by atoms with Gasteiger partial charge in [-0.25, -0.2) is 9.97 Å². The highest BCUT2D eigenvalue weighted by molar-refractivity contribution is 6.34. The molecule has 1 fully saturated rings. The van der Waals surface area contributed by atoms with Crippen molar-refractivity contribution >= 4 is 23.2 Å². The van der Waals surface area contributed by atoms with Gasteiger partial charge in [0.2, 0.25) is 0 Å². The Labute approximate surface area is 86.3 Å². The highest BCUT2D eigenvalue weighted by Gasteiger charge is 2.38. The lowest BCUT2D eigenvalue weighted by Gasteiger charge is -2.38. The molecule has 1 heterocycles. The zero-order valence-electron chi connectivity index (χ0n) is 6.93. The van der Waals surface area contributed by atoms with E-state index >= 15 is 0 Å². The summed E-state index contributed by atoms with van der Waals surface area (Å²) in [6.45, 7) is 0. The first-order valence-corrected chi connectivity index (χ1v) is 4.84. The van der Waals surface area contributed by atoms with Crippen LogP contribution in [-0.4, -0.2) is 9.97 Å². The number of nitrogens with zero attached hydrogens (tertiary/aromatic N) is 2. The summed E-state index contributed by atoms with van der Waals surface area (Å²) in [5.41, 5.74) is 6.38. The van der Waals surface area contributed by atoms with E-state index in [9.17, 15) is 0 Å².